The molecule has 94 valence electrons. The second kappa shape index (κ2) is 5.56. The Labute approximate surface area is 102 Å². The van der Waals surface area contributed by atoms with E-state index in [0.29, 0.717) is 0 Å². The van der Waals surface area contributed by atoms with Gasteiger partial charge >= 0.3 is 0 Å². The molecule has 0 aliphatic heterocycles. The monoisotopic (exact) mass is 222 g/mol. The van der Waals surface area contributed by atoms with E-state index in [2.05, 4.69) is 20.8 Å². The maximum absolute atomic E-state index is 2.45. The van der Waals surface area contributed by atoms with Crippen molar-refractivity contribution < 1.29 is 0 Å². The largest absolute Gasteiger partial charge is 0.0654 e. The Hall–Kier alpha value is 0. The lowest BCUT2D eigenvalue weighted by Gasteiger charge is -2.17. The molecule has 2 aliphatic carbocycles. The number of fused-ring (bicyclic) bond motifs is 1. The van der Waals surface area contributed by atoms with Crippen LogP contribution in [0, 0.1) is 29.6 Å². The van der Waals surface area contributed by atoms with E-state index in [1.54, 1.807) is 12.8 Å². The molecular weight excluding hydrogens is 192 g/mol. The van der Waals surface area contributed by atoms with Crippen molar-refractivity contribution in [2.45, 2.75) is 72.1 Å². The van der Waals surface area contributed by atoms with Crippen LogP contribution in [0.5, 0.6) is 0 Å². The molecule has 0 bridgehead atoms. The van der Waals surface area contributed by atoms with Gasteiger partial charge in [0.05, 0.1) is 0 Å². The average molecular weight is 222 g/mol. The molecule has 2 atom stereocenters. The summed E-state index contributed by atoms with van der Waals surface area (Å²) in [6, 6.07) is 0. The summed E-state index contributed by atoms with van der Waals surface area (Å²) in [7, 11) is 0. The number of hydrogen-bond donors (Lipinski definition) is 0. The normalized spacial score (nSPS) is 38.2. The summed E-state index contributed by atoms with van der Waals surface area (Å²) < 4.78 is 0. The third kappa shape index (κ3) is 2.63. The minimum absolute atomic E-state index is 1.02. The summed E-state index contributed by atoms with van der Waals surface area (Å²) >= 11 is 0. The fourth-order valence-electron chi connectivity index (χ4n) is 4.36. The molecular formula is C16H30. The Balaban J connectivity index is 1.87. The Morgan fingerprint density at radius 2 is 1.38 bits per heavy atom. The Morgan fingerprint density at radius 1 is 0.875 bits per heavy atom. The van der Waals surface area contributed by atoms with Crippen molar-refractivity contribution in [3.8, 4) is 0 Å². The Morgan fingerprint density at radius 3 is 1.81 bits per heavy atom. The van der Waals surface area contributed by atoms with E-state index in [1.165, 1.54) is 38.5 Å². The van der Waals surface area contributed by atoms with Gasteiger partial charge in [-0.05, 0) is 42.4 Å². The SMILES string of the molecule is CCCC(CCC)C1C2CCC(C)CCC21. The summed E-state index contributed by atoms with van der Waals surface area (Å²) in [5, 5.41) is 0. The molecule has 16 heavy (non-hydrogen) atoms. The average Bonchev–Trinajstić information content (AvgIpc) is 2.97. The summed E-state index contributed by atoms with van der Waals surface area (Å²) in [4.78, 5) is 0. The van der Waals surface area contributed by atoms with Crippen molar-refractivity contribution in [2.24, 2.45) is 29.6 Å². The lowest BCUT2D eigenvalue weighted by Crippen LogP contribution is -2.07. The van der Waals surface area contributed by atoms with Gasteiger partial charge in [0.15, 0.2) is 0 Å². The second-order valence-electron chi connectivity index (χ2n) is 6.50. The first-order chi connectivity index (χ1) is 7.77. The van der Waals surface area contributed by atoms with Crippen molar-refractivity contribution in [3.63, 3.8) is 0 Å². The quantitative estimate of drug-likeness (QED) is 0.594. The van der Waals surface area contributed by atoms with Crippen molar-refractivity contribution in [3.05, 3.63) is 0 Å². The van der Waals surface area contributed by atoms with Gasteiger partial charge in [-0.25, -0.2) is 0 Å². The minimum Gasteiger partial charge on any atom is -0.0654 e. The van der Waals surface area contributed by atoms with Crippen molar-refractivity contribution >= 4 is 0 Å². The zero-order chi connectivity index (χ0) is 11.5. The van der Waals surface area contributed by atoms with Gasteiger partial charge in [-0.1, -0.05) is 59.3 Å². The topological polar surface area (TPSA) is 0 Å². The molecule has 0 heteroatoms. The van der Waals surface area contributed by atoms with Crippen LogP contribution in [-0.2, 0) is 0 Å². The lowest BCUT2D eigenvalue weighted by atomic mass is 9.88. The standard InChI is InChI=1S/C16H30/c1-4-6-13(7-5-2)16-14-10-8-12(3)9-11-15(14)16/h12-16H,4-11H2,1-3H3. The molecule has 0 aromatic rings. The molecule has 0 N–H and O–H groups in total. The fourth-order valence-corrected chi connectivity index (χ4v) is 4.36. The molecule has 2 fully saturated rings. The van der Waals surface area contributed by atoms with Crippen molar-refractivity contribution in [1.29, 1.82) is 0 Å². The van der Waals surface area contributed by atoms with Crippen LogP contribution >= 0.6 is 0 Å². The fraction of sp³-hybridized carbons (Fsp3) is 1.00. The highest BCUT2D eigenvalue weighted by molar-refractivity contribution is 5.01. The van der Waals surface area contributed by atoms with E-state index in [-0.39, 0.29) is 0 Å². The van der Waals surface area contributed by atoms with Crippen LogP contribution in [0.25, 0.3) is 0 Å². The first kappa shape index (κ1) is 12.5. The van der Waals surface area contributed by atoms with E-state index in [1.807, 2.05) is 0 Å². The predicted octanol–water partition coefficient (Wildman–Crippen LogP) is 5.28. The molecule has 2 unspecified atom stereocenters. The van der Waals surface area contributed by atoms with Crippen LogP contribution in [0.15, 0.2) is 0 Å². The van der Waals surface area contributed by atoms with Crippen molar-refractivity contribution in [1.82, 2.24) is 0 Å². The number of hydrogen-bond acceptors (Lipinski definition) is 0. The van der Waals surface area contributed by atoms with Crippen LogP contribution in [0.1, 0.15) is 72.1 Å². The Bertz CT molecular complexity index is 188. The second-order valence-corrected chi connectivity index (χ2v) is 6.50. The van der Waals surface area contributed by atoms with Gasteiger partial charge in [0.2, 0.25) is 0 Å². The van der Waals surface area contributed by atoms with Crippen LogP contribution in [-0.4, -0.2) is 0 Å². The van der Waals surface area contributed by atoms with Gasteiger partial charge in [0.1, 0.15) is 0 Å². The molecule has 0 saturated heterocycles. The van der Waals surface area contributed by atoms with Gasteiger partial charge in [0, 0.05) is 0 Å². The minimum atomic E-state index is 1.02. The maximum atomic E-state index is 2.45. The van der Waals surface area contributed by atoms with Gasteiger partial charge in [-0.15, -0.1) is 0 Å². The van der Waals surface area contributed by atoms with Gasteiger partial charge in [-0.2, -0.15) is 0 Å². The lowest BCUT2D eigenvalue weighted by molar-refractivity contribution is 0.334. The highest BCUT2D eigenvalue weighted by atomic mass is 14.6. The zero-order valence-electron chi connectivity index (χ0n) is 11.5. The van der Waals surface area contributed by atoms with Crippen LogP contribution in [0.2, 0.25) is 0 Å². The van der Waals surface area contributed by atoms with Gasteiger partial charge < -0.3 is 0 Å². The summed E-state index contributed by atoms with van der Waals surface area (Å²) in [5.41, 5.74) is 0. The Kier molecular flexibility index (Phi) is 4.33. The third-order valence-corrected chi connectivity index (χ3v) is 5.25. The van der Waals surface area contributed by atoms with Crippen LogP contribution < -0.4 is 0 Å². The first-order valence-corrected chi connectivity index (χ1v) is 7.77. The molecule has 0 amide bonds. The maximum Gasteiger partial charge on any atom is -0.0324 e. The molecule has 0 radical (unpaired) electrons. The van der Waals surface area contributed by atoms with Crippen LogP contribution in [0.3, 0.4) is 0 Å². The molecule has 0 aromatic carbocycles. The molecule has 0 nitrogen and oxygen atoms in total. The van der Waals surface area contributed by atoms with E-state index in [0.717, 1.165) is 29.6 Å². The summed E-state index contributed by atoms with van der Waals surface area (Å²) in [6.45, 7) is 7.18. The van der Waals surface area contributed by atoms with Gasteiger partial charge in [-0.3, -0.25) is 0 Å². The van der Waals surface area contributed by atoms with E-state index < -0.39 is 0 Å². The van der Waals surface area contributed by atoms with E-state index in [9.17, 15) is 0 Å². The first-order valence-electron chi connectivity index (χ1n) is 7.77. The summed E-state index contributed by atoms with van der Waals surface area (Å²) in [5.74, 6) is 5.54. The third-order valence-electron chi connectivity index (χ3n) is 5.25. The smallest absolute Gasteiger partial charge is 0.0324 e. The zero-order valence-corrected chi connectivity index (χ0v) is 11.5. The molecule has 0 aromatic heterocycles. The summed E-state index contributed by atoms with van der Waals surface area (Å²) in [6.07, 6.45) is 11.9. The van der Waals surface area contributed by atoms with Crippen LogP contribution in [0.4, 0.5) is 0 Å². The highest BCUT2D eigenvalue weighted by Gasteiger charge is 2.52. The van der Waals surface area contributed by atoms with E-state index >= 15 is 0 Å². The molecule has 2 rings (SSSR count). The molecule has 0 heterocycles. The van der Waals surface area contributed by atoms with Crippen molar-refractivity contribution in [2.75, 3.05) is 0 Å². The van der Waals surface area contributed by atoms with Gasteiger partial charge in [0.25, 0.3) is 0 Å². The highest BCUT2D eigenvalue weighted by Crippen LogP contribution is 2.59. The predicted molar refractivity (Wildman–Crippen MR) is 71.4 cm³/mol. The number of rotatable bonds is 5. The molecule has 2 aliphatic rings. The van der Waals surface area contributed by atoms with E-state index in [4.69, 9.17) is 0 Å². The molecule has 0 spiro atoms. The molecule has 2 saturated carbocycles.